The van der Waals surface area contributed by atoms with Crippen LogP contribution in [0.5, 0.6) is 0 Å². The average molecular weight is 692 g/mol. The van der Waals surface area contributed by atoms with Crippen LogP contribution in [0.25, 0.3) is 72.5 Å². The lowest BCUT2D eigenvalue weighted by Gasteiger charge is -2.13. The first-order chi connectivity index (χ1) is 26.6. The van der Waals surface area contributed by atoms with E-state index in [1.165, 1.54) is 61.2 Å². The Balaban J connectivity index is 1.06. The quantitative estimate of drug-likeness (QED) is 0.127. The van der Waals surface area contributed by atoms with Crippen molar-refractivity contribution in [3.05, 3.63) is 224 Å². The lowest BCUT2D eigenvalue weighted by Crippen LogP contribution is -1.99. The van der Waals surface area contributed by atoms with E-state index >= 15 is 0 Å². The van der Waals surface area contributed by atoms with E-state index < -0.39 is 0 Å². The topological polar surface area (TPSA) is 12.4 Å². The van der Waals surface area contributed by atoms with Crippen LogP contribution in [0.2, 0.25) is 0 Å². The fraction of sp³-hybridized carbons (Fsp3) is 0.0377. The highest BCUT2D eigenvalue weighted by Gasteiger charge is 2.11. The molecule has 0 aromatic heterocycles. The van der Waals surface area contributed by atoms with E-state index in [1.54, 1.807) is 0 Å². The zero-order valence-corrected chi connectivity index (χ0v) is 30.5. The van der Waals surface area contributed by atoms with Crippen LogP contribution in [0.4, 0.5) is 0 Å². The third-order valence-electron chi connectivity index (χ3n) is 9.87. The third kappa shape index (κ3) is 7.97. The summed E-state index contributed by atoms with van der Waals surface area (Å²) < 4.78 is 0. The van der Waals surface area contributed by atoms with Gasteiger partial charge in [0, 0.05) is 17.7 Å². The van der Waals surface area contributed by atoms with Gasteiger partial charge in [0.2, 0.25) is 0 Å². The monoisotopic (exact) mass is 691 g/mol. The van der Waals surface area contributed by atoms with Gasteiger partial charge in [0.25, 0.3) is 0 Å². The molecule has 0 N–H and O–H groups in total. The molecule has 0 saturated carbocycles. The van der Waals surface area contributed by atoms with Gasteiger partial charge in [-0.15, -0.1) is 0 Å². The smallest absolute Gasteiger partial charge is 0.0629 e. The Bertz CT molecular complexity index is 2450. The number of hydrogen-bond acceptors (Lipinski definition) is 1. The maximum Gasteiger partial charge on any atom is 0.0629 e. The number of benzene rings is 8. The molecular weight excluding hydrogens is 651 g/mol. The van der Waals surface area contributed by atoms with Crippen molar-refractivity contribution in [3.63, 3.8) is 0 Å². The van der Waals surface area contributed by atoms with Crippen molar-refractivity contribution >= 4 is 11.4 Å². The maximum absolute atomic E-state index is 5.04. The van der Waals surface area contributed by atoms with Gasteiger partial charge in [0.05, 0.1) is 5.70 Å². The Labute approximate surface area is 319 Å². The number of aliphatic imine (C=N–C) groups is 1. The highest BCUT2D eigenvalue weighted by molar-refractivity contribution is 5.90. The molecule has 0 saturated heterocycles. The van der Waals surface area contributed by atoms with E-state index in [0.717, 1.165) is 34.5 Å². The normalized spacial score (nSPS) is 11.3. The lowest BCUT2D eigenvalue weighted by atomic mass is 9.92. The summed E-state index contributed by atoms with van der Waals surface area (Å²) >= 11 is 0. The first-order valence-corrected chi connectivity index (χ1v) is 18.5. The van der Waals surface area contributed by atoms with Crippen LogP contribution in [-0.2, 0) is 6.42 Å². The molecule has 0 atom stereocenters. The summed E-state index contributed by atoms with van der Waals surface area (Å²) in [6.07, 6.45) is 0.732. The van der Waals surface area contributed by atoms with E-state index in [2.05, 4.69) is 220 Å². The van der Waals surface area contributed by atoms with Crippen molar-refractivity contribution in [3.8, 4) is 66.8 Å². The first-order valence-electron chi connectivity index (χ1n) is 18.5. The molecule has 0 heterocycles. The molecule has 0 unspecified atom stereocenters. The molecule has 0 aliphatic rings. The highest BCUT2D eigenvalue weighted by atomic mass is 14.7. The number of hydrogen-bond donors (Lipinski definition) is 0. The van der Waals surface area contributed by atoms with Crippen molar-refractivity contribution in [2.45, 2.75) is 13.3 Å². The van der Waals surface area contributed by atoms with Gasteiger partial charge in [-0.1, -0.05) is 170 Å². The molecule has 1 nitrogen and oxygen atoms in total. The Kier molecular flexibility index (Phi) is 10.0. The Morgan fingerprint density at radius 1 is 0.352 bits per heavy atom. The molecule has 0 fully saturated rings. The SMILES string of the molecule is C=C(N=C(C)Cc1cccc(-c2cc(-c3ccccc3)cc(-c3ccccc3)c2)c1)c1cccc(-c2cc(-c3ccccc3)cc(-c3ccccc3)c2)c1. The zero-order chi connectivity index (χ0) is 36.7. The van der Waals surface area contributed by atoms with Gasteiger partial charge in [-0.25, -0.2) is 0 Å². The molecule has 8 aromatic carbocycles. The van der Waals surface area contributed by atoms with Crippen LogP contribution in [0, 0.1) is 0 Å². The summed E-state index contributed by atoms with van der Waals surface area (Å²) in [7, 11) is 0. The predicted molar refractivity (Wildman–Crippen MR) is 231 cm³/mol. The second-order valence-corrected chi connectivity index (χ2v) is 13.8. The van der Waals surface area contributed by atoms with Crippen molar-refractivity contribution in [2.24, 2.45) is 4.99 Å². The fourth-order valence-corrected chi connectivity index (χ4v) is 7.15. The highest BCUT2D eigenvalue weighted by Crippen LogP contribution is 2.35. The zero-order valence-electron chi connectivity index (χ0n) is 30.5. The molecule has 0 spiro atoms. The second kappa shape index (κ2) is 15.8. The van der Waals surface area contributed by atoms with E-state index in [1.807, 2.05) is 0 Å². The molecule has 0 radical (unpaired) electrons. The molecule has 54 heavy (non-hydrogen) atoms. The van der Waals surface area contributed by atoms with Crippen LogP contribution in [0.3, 0.4) is 0 Å². The summed E-state index contributed by atoms with van der Waals surface area (Å²) in [5.41, 5.74) is 18.3. The largest absolute Gasteiger partial charge is 0.258 e. The minimum atomic E-state index is 0.732. The molecule has 0 aliphatic heterocycles. The van der Waals surface area contributed by atoms with E-state index in [4.69, 9.17) is 4.99 Å². The van der Waals surface area contributed by atoms with Crippen molar-refractivity contribution in [2.75, 3.05) is 0 Å². The summed E-state index contributed by atoms with van der Waals surface area (Å²) in [6.45, 7) is 6.52. The maximum atomic E-state index is 5.04. The number of nitrogens with zero attached hydrogens (tertiary/aromatic N) is 1. The Morgan fingerprint density at radius 3 is 1.09 bits per heavy atom. The van der Waals surface area contributed by atoms with Gasteiger partial charge in [-0.2, -0.15) is 0 Å². The first kappa shape index (κ1) is 34.3. The van der Waals surface area contributed by atoms with Crippen LogP contribution >= 0.6 is 0 Å². The van der Waals surface area contributed by atoms with E-state index in [0.29, 0.717) is 0 Å². The molecule has 1 heteroatoms. The van der Waals surface area contributed by atoms with Crippen LogP contribution in [0.1, 0.15) is 18.1 Å². The molecule has 0 aliphatic carbocycles. The average Bonchev–Trinajstić information content (AvgIpc) is 3.24. The summed E-state index contributed by atoms with van der Waals surface area (Å²) in [4.78, 5) is 5.04. The predicted octanol–water partition coefficient (Wildman–Crippen LogP) is 14.4. The molecule has 8 aromatic rings. The van der Waals surface area contributed by atoms with Gasteiger partial charge < -0.3 is 0 Å². The minimum Gasteiger partial charge on any atom is -0.258 e. The van der Waals surface area contributed by atoms with Gasteiger partial charge in [0.15, 0.2) is 0 Å². The second-order valence-electron chi connectivity index (χ2n) is 13.8. The number of rotatable bonds is 10. The Hall–Kier alpha value is -6.83. The summed E-state index contributed by atoms with van der Waals surface area (Å²) in [5.74, 6) is 0. The Morgan fingerprint density at radius 2 is 0.685 bits per heavy atom. The fourth-order valence-electron chi connectivity index (χ4n) is 7.15. The standard InChI is InChI=1S/C53H41N/c1-38(29-40-17-15-27-46(30-40)52-34-48(41-18-7-3-8-19-41)32-49(35-52)42-20-9-4-10-21-42)54-39(2)45-26-16-28-47(31-45)53-36-50(43-22-11-5-12-23-43)33-51(37-53)44-24-13-6-14-25-44/h3-28,30-37H,2,29H2,1H3. The summed E-state index contributed by atoms with van der Waals surface area (Å²) in [5, 5.41) is 0. The van der Waals surface area contributed by atoms with Gasteiger partial charge >= 0.3 is 0 Å². The van der Waals surface area contributed by atoms with Crippen molar-refractivity contribution < 1.29 is 0 Å². The summed E-state index contributed by atoms with van der Waals surface area (Å²) in [6, 6.07) is 73.6. The van der Waals surface area contributed by atoms with Crippen molar-refractivity contribution in [1.29, 1.82) is 0 Å². The van der Waals surface area contributed by atoms with Crippen LogP contribution in [0.15, 0.2) is 218 Å². The van der Waals surface area contributed by atoms with E-state index in [-0.39, 0.29) is 0 Å². The van der Waals surface area contributed by atoms with Gasteiger partial charge in [-0.3, -0.25) is 4.99 Å². The van der Waals surface area contributed by atoms with Crippen molar-refractivity contribution in [1.82, 2.24) is 0 Å². The van der Waals surface area contributed by atoms with Crippen LogP contribution in [-0.4, -0.2) is 5.71 Å². The molecule has 258 valence electrons. The van der Waals surface area contributed by atoms with E-state index in [9.17, 15) is 0 Å². The van der Waals surface area contributed by atoms with Gasteiger partial charge in [-0.05, 0) is 122 Å². The third-order valence-corrected chi connectivity index (χ3v) is 9.87. The molecule has 8 rings (SSSR count). The van der Waals surface area contributed by atoms with Gasteiger partial charge in [0.1, 0.15) is 0 Å². The minimum absolute atomic E-state index is 0.732. The van der Waals surface area contributed by atoms with Crippen LogP contribution < -0.4 is 0 Å². The molecule has 0 bridgehead atoms. The lowest BCUT2D eigenvalue weighted by molar-refractivity contribution is 1.29. The molecule has 0 amide bonds. The molecular formula is C53H41N.